The SMILES string of the molecule is Clc1c(Cl)c(Cl)c(-c2ccncc2-c2c(Cl)c(Cl)c(Cl)c(Cl)c2Cl)c(Cl)c1Cl. The van der Waals surface area contributed by atoms with Gasteiger partial charge in [-0.3, -0.25) is 4.98 Å². The average Bonchev–Trinajstić information content (AvgIpc) is 2.69. The highest BCUT2D eigenvalue weighted by molar-refractivity contribution is 6.58. The second kappa shape index (κ2) is 8.93. The van der Waals surface area contributed by atoms with Crippen LogP contribution in [0.15, 0.2) is 18.5 Å². The summed E-state index contributed by atoms with van der Waals surface area (Å²) in [5.41, 5.74) is 1.51. The fourth-order valence-electron chi connectivity index (χ4n) is 2.49. The van der Waals surface area contributed by atoms with Gasteiger partial charge in [-0.05, 0) is 11.6 Å². The molecule has 1 nitrogen and oxygen atoms in total. The monoisotopic (exact) mass is 571 g/mol. The zero-order chi connectivity index (χ0) is 20.9. The van der Waals surface area contributed by atoms with Crippen molar-refractivity contribution in [3.05, 3.63) is 68.7 Å². The summed E-state index contributed by atoms with van der Waals surface area (Å²) in [7, 11) is 0. The lowest BCUT2D eigenvalue weighted by Gasteiger charge is -2.18. The van der Waals surface area contributed by atoms with E-state index in [9.17, 15) is 0 Å². The van der Waals surface area contributed by atoms with Crippen LogP contribution in [0.25, 0.3) is 22.3 Å². The number of rotatable bonds is 2. The molecule has 0 saturated heterocycles. The van der Waals surface area contributed by atoms with Crippen molar-refractivity contribution in [2.24, 2.45) is 0 Å². The number of aromatic nitrogens is 1. The van der Waals surface area contributed by atoms with E-state index in [0.29, 0.717) is 22.3 Å². The predicted molar refractivity (Wildman–Crippen MR) is 125 cm³/mol. The minimum absolute atomic E-state index is 0.0289. The summed E-state index contributed by atoms with van der Waals surface area (Å²) in [5, 5.41) is 0.548. The van der Waals surface area contributed by atoms with Gasteiger partial charge in [0.2, 0.25) is 0 Å². The summed E-state index contributed by atoms with van der Waals surface area (Å²) in [6.07, 6.45) is 3.01. The average molecular weight is 576 g/mol. The minimum Gasteiger partial charge on any atom is -0.264 e. The maximum Gasteiger partial charge on any atom is 0.0809 e. The predicted octanol–water partition coefficient (Wildman–Crippen LogP) is 10.9. The van der Waals surface area contributed by atoms with Gasteiger partial charge in [0.15, 0.2) is 0 Å². The Hall–Kier alpha value is 0.490. The lowest BCUT2D eigenvalue weighted by atomic mass is 9.96. The molecule has 0 fully saturated rings. The maximum atomic E-state index is 6.42. The lowest BCUT2D eigenvalue weighted by molar-refractivity contribution is 1.33. The van der Waals surface area contributed by atoms with Crippen molar-refractivity contribution < 1.29 is 0 Å². The van der Waals surface area contributed by atoms with Gasteiger partial charge >= 0.3 is 0 Å². The van der Waals surface area contributed by atoms with Crippen LogP contribution in [0.2, 0.25) is 50.2 Å². The number of pyridine rings is 1. The highest BCUT2D eigenvalue weighted by atomic mass is 35.5. The van der Waals surface area contributed by atoms with E-state index in [4.69, 9.17) is 116 Å². The van der Waals surface area contributed by atoms with Gasteiger partial charge in [-0.2, -0.15) is 0 Å². The van der Waals surface area contributed by atoms with Crippen LogP contribution in [0.1, 0.15) is 0 Å². The lowest BCUT2D eigenvalue weighted by Crippen LogP contribution is -1.94. The maximum absolute atomic E-state index is 6.42. The Morgan fingerprint density at radius 3 is 1.14 bits per heavy atom. The fourth-order valence-corrected chi connectivity index (χ4v) is 5.18. The molecule has 0 bridgehead atoms. The molecule has 0 radical (unpaired) electrons. The molecule has 0 N–H and O–H groups in total. The molecule has 2 aromatic carbocycles. The molecule has 1 heterocycles. The van der Waals surface area contributed by atoms with E-state index in [1.54, 1.807) is 6.07 Å². The fraction of sp³-hybridized carbons (Fsp3) is 0. The molecule has 0 aliphatic rings. The molecule has 0 saturated carbocycles. The van der Waals surface area contributed by atoms with Gasteiger partial charge in [-0.15, -0.1) is 0 Å². The molecular weight excluding hydrogens is 573 g/mol. The molecule has 0 spiro atoms. The standard InChI is InChI=1S/C17H3Cl10N/c18-8-6(9(19)13(23)16(26)12(8)22)4-1-2-28-3-5(4)7-10(20)14(24)17(27)15(25)11(7)21/h1-3H. The Labute approximate surface area is 210 Å². The van der Waals surface area contributed by atoms with Crippen molar-refractivity contribution >= 4 is 116 Å². The van der Waals surface area contributed by atoms with Crippen LogP contribution < -0.4 is 0 Å². The Kier molecular flexibility index (Phi) is 7.38. The van der Waals surface area contributed by atoms with Crippen molar-refractivity contribution in [2.75, 3.05) is 0 Å². The summed E-state index contributed by atoms with van der Waals surface area (Å²) in [6, 6.07) is 1.63. The molecule has 0 unspecified atom stereocenters. The van der Waals surface area contributed by atoms with E-state index in [1.165, 1.54) is 12.4 Å². The third kappa shape index (κ3) is 3.78. The molecule has 11 heteroatoms. The van der Waals surface area contributed by atoms with E-state index < -0.39 is 0 Å². The summed E-state index contributed by atoms with van der Waals surface area (Å²) in [5.74, 6) is 0. The number of nitrogens with zero attached hydrogens (tertiary/aromatic N) is 1. The van der Waals surface area contributed by atoms with Gasteiger partial charge in [-0.1, -0.05) is 116 Å². The Morgan fingerprint density at radius 2 is 0.750 bits per heavy atom. The molecular formula is C17H3Cl10N. The summed E-state index contributed by atoms with van der Waals surface area (Å²) in [6.45, 7) is 0. The van der Waals surface area contributed by atoms with Crippen molar-refractivity contribution in [3.8, 4) is 22.3 Å². The van der Waals surface area contributed by atoms with E-state index in [0.717, 1.165) is 0 Å². The molecule has 3 aromatic rings. The number of hydrogen-bond donors (Lipinski definition) is 0. The van der Waals surface area contributed by atoms with E-state index in [2.05, 4.69) is 4.98 Å². The van der Waals surface area contributed by atoms with Crippen LogP contribution in [0.3, 0.4) is 0 Å². The van der Waals surface area contributed by atoms with E-state index in [-0.39, 0.29) is 50.2 Å². The first-order valence-electron chi connectivity index (χ1n) is 7.07. The van der Waals surface area contributed by atoms with Crippen LogP contribution >= 0.6 is 116 Å². The van der Waals surface area contributed by atoms with Crippen molar-refractivity contribution in [2.45, 2.75) is 0 Å². The number of benzene rings is 2. The quantitative estimate of drug-likeness (QED) is 0.219. The molecule has 0 aliphatic carbocycles. The van der Waals surface area contributed by atoms with Crippen LogP contribution in [0.4, 0.5) is 0 Å². The van der Waals surface area contributed by atoms with Crippen LogP contribution in [-0.2, 0) is 0 Å². The third-order valence-corrected chi connectivity index (χ3v) is 8.33. The van der Waals surface area contributed by atoms with Crippen molar-refractivity contribution in [3.63, 3.8) is 0 Å². The summed E-state index contributed by atoms with van der Waals surface area (Å²) >= 11 is 62.6. The first-order valence-corrected chi connectivity index (χ1v) is 10.8. The van der Waals surface area contributed by atoms with Gasteiger partial charge in [0, 0.05) is 29.1 Å². The van der Waals surface area contributed by atoms with E-state index >= 15 is 0 Å². The number of halogens is 10. The highest BCUT2D eigenvalue weighted by Crippen LogP contribution is 2.53. The Morgan fingerprint density at radius 1 is 0.429 bits per heavy atom. The van der Waals surface area contributed by atoms with Gasteiger partial charge < -0.3 is 0 Å². The Bertz CT molecular complexity index is 979. The van der Waals surface area contributed by atoms with Crippen molar-refractivity contribution in [1.82, 2.24) is 4.98 Å². The minimum atomic E-state index is 0.0289. The molecule has 146 valence electrons. The Balaban J connectivity index is 2.46. The smallest absolute Gasteiger partial charge is 0.0809 e. The van der Waals surface area contributed by atoms with E-state index in [1.807, 2.05) is 0 Å². The van der Waals surface area contributed by atoms with Crippen molar-refractivity contribution in [1.29, 1.82) is 0 Å². The van der Waals surface area contributed by atoms with Crippen LogP contribution in [0.5, 0.6) is 0 Å². The van der Waals surface area contributed by atoms with Crippen LogP contribution in [-0.4, -0.2) is 4.98 Å². The largest absolute Gasteiger partial charge is 0.264 e. The first kappa shape index (κ1) is 23.2. The molecule has 0 aliphatic heterocycles. The number of hydrogen-bond acceptors (Lipinski definition) is 1. The van der Waals surface area contributed by atoms with Gasteiger partial charge in [0.05, 0.1) is 50.2 Å². The topological polar surface area (TPSA) is 12.9 Å². The summed E-state index contributed by atoms with van der Waals surface area (Å²) in [4.78, 5) is 4.12. The van der Waals surface area contributed by atoms with Crippen LogP contribution in [0, 0.1) is 0 Å². The third-order valence-electron chi connectivity index (χ3n) is 3.78. The molecule has 0 atom stereocenters. The molecule has 28 heavy (non-hydrogen) atoms. The zero-order valence-electron chi connectivity index (χ0n) is 13.0. The van der Waals surface area contributed by atoms with Gasteiger partial charge in [0.25, 0.3) is 0 Å². The van der Waals surface area contributed by atoms with Gasteiger partial charge in [-0.25, -0.2) is 0 Å². The van der Waals surface area contributed by atoms with Gasteiger partial charge in [0.1, 0.15) is 0 Å². The second-order valence-corrected chi connectivity index (χ2v) is 9.09. The molecule has 1 aromatic heterocycles. The highest BCUT2D eigenvalue weighted by Gasteiger charge is 2.26. The first-order chi connectivity index (χ1) is 13.1. The normalized spacial score (nSPS) is 11.2. The zero-order valence-corrected chi connectivity index (χ0v) is 20.5. The second-order valence-electron chi connectivity index (χ2n) is 5.31. The molecule has 3 rings (SSSR count). The molecule has 0 amide bonds. The summed E-state index contributed by atoms with van der Waals surface area (Å²) < 4.78 is 0.